The molecule has 0 aliphatic heterocycles. The van der Waals surface area contributed by atoms with Crippen LogP contribution in [0.5, 0.6) is 23.0 Å². The van der Waals surface area contributed by atoms with Crippen molar-refractivity contribution >= 4 is 18.0 Å². The van der Waals surface area contributed by atoms with Crippen LogP contribution in [0, 0.1) is 0 Å². The van der Waals surface area contributed by atoms with Crippen molar-refractivity contribution in [3.63, 3.8) is 0 Å². The molecule has 9 heteroatoms. The minimum Gasteiger partial charge on any atom is -0.508 e. The maximum absolute atomic E-state index is 11.9. The molecule has 0 aliphatic carbocycles. The number of methoxy groups -OCH3 is 1. The zero-order valence-corrected chi connectivity index (χ0v) is 13.8. The van der Waals surface area contributed by atoms with E-state index in [1.807, 2.05) is 0 Å². The van der Waals surface area contributed by atoms with E-state index in [1.54, 1.807) is 18.2 Å². The van der Waals surface area contributed by atoms with E-state index in [0.29, 0.717) is 17.1 Å². The molecular weight excluding hydrogens is 342 g/mol. The molecule has 2 aromatic rings. The summed E-state index contributed by atoms with van der Waals surface area (Å²) in [6.45, 7) is -0.282. The predicted octanol–water partition coefficient (Wildman–Crippen LogP) is 0.734. The number of hydrogen-bond donors (Lipinski definition) is 4. The topological polar surface area (TPSA) is 143 Å². The van der Waals surface area contributed by atoms with Crippen LogP contribution in [0.15, 0.2) is 41.5 Å². The van der Waals surface area contributed by atoms with Crippen LogP contribution in [0.1, 0.15) is 15.9 Å². The van der Waals surface area contributed by atoms with Crippen molar-refractivity contribution in [3.8, 4) is 23.0 Å². The summed E-state index contributed by atoms with van der Waals surface area (Å²) in [6, 6.07) is 8.37. The fraction of sp³-hybridized carbons (Fsp3) is 0.118. The summed E-state index contributed by atoms with van der Waals surface area (Å²) in [5.74, 6) is -1.09. The van der Waals surface area contributed by atoms with Gasteiger partial charge in [-0.05, 0) is 35.9 Å². The van der Waals surface area contributed by atoms with Gasteiger partial charge in [0.05, 0.1) is 18.9 Å². The Morgan fingerprint density at radius 3 is 2.62 bits per heavy atom. The Morgan fingerprint density at radius 2 is 1.96 bits per heavy atom. The second-order valence-electron chi connectivity index (χ2n) is 5.07. The molecule has 0 saturated carbocycles. The summed E-state index contributed by atoms with van der Waals surface area (Å²) >= 11 is 0. The number of aromatic hydroxyl groups is 2. The number of carbonyl (C=O) groups excluding carboxylic acids is 2. The van der Waals surface area contributed by atoms with E-state index in [4.69, 9.17) is 15.2 Å². The zero-order chi connectivity index (χ0) is 19.1. The summed E-state index contributed by atoms with van der Waals surface area (Å²) in [5, 5.41) is 22.6. The van der Waals surface area contributed by atoms with Crippen molar-refractivity contribution in [3.05, 3.63) is 47.5 Å². The fourth-order valence-electron chi connectivity index (χ4n) is 1.97. The smallest absolute Gasteiger partial charge is 0.275 e. The number of carbonyl (C=O) groups is 2. The second kappa shape index (κ2) is 8.38. The summed E-state index contributed by atoms with van der Waals surface area (Å²) < 4.78 is 10.4. The number of phenolic OH excluding ortho intramolecular Hbond substituents is 2. The van der Waals surface area contributed by atoms with E-state index in [-0.39, 0.29) is 23.7 Å². The van der Waals surface area contributed by atoms with E-state index in [1.165, 1.54) is 25.5 Å². The van der Waals surface area contributed by atoms with Gasteiger partial charge in [-0.1, -0.05) is 0 Å². The lowest BCUT2D eigenvalue weighted by Gasteiger charge is -2.09. The van der Waals surface area contributed by atoms with Gasteiger partial charge in [0.15, 0.2) is 18.1 Å². The van der Waals surface area contributed by atoms with Gasteiger partial charge in [0.25, 0.3) is 11.8 Å². The van der Waals surface area contributed by atoms with Crippen molar-refractivity contribution in [2.75, 3.05) is 13.7 Å². The number of amides is 2. The molecule has 2 amide bonds. The minimum atomic E-state index is -0.646. The number of hydrazone groups is 1. The number of nitrogens with one attached hydrogen (secondary N) is 1. The van der Waals surface area contributed by atoms with Crippen LogP contribution in [0.3, 0.4) is 0 Å². The number of primary amides is 1. The summed E-state index contributed by atoms with van der Waals surface area (Å²) in [7, 11) is 1.43. The monoisotopic (exact) mass is 359 g/mol. The molecule has 0 heterocycles. The van der Waals surface area contributed by atoms with Crippen LogP contribution in [0.4, 0.5) is 0 Å². The highest BCUT2D eigenvalue weighted by Crippen LogP contribution is 2.27. The van der Waals surface area contributed by atoms with Crippen molar-refractivity contribution in [1.82, 2.24) is 5.43 Å². The number of hydrogen-bond acceptors (Lipinski definition) is 7. The normalized spacial score (nSPS) is 10.5. The lowest BCUT2D eigenvalue weighted by Crippen LogP contribution is -2.20. The molecule has 2 rings (SSSR count). The Bertz CT molecular complexity index is 850. The maximum atomic E-state index is 11.9. The standard InChI is InChI=1S/C17H17N3O6/c1-25-15-6-10(2-5-14(15)26-9-16(18)23)8-19-20-17(24)12-4-3-11(21)7-13(12)22/h2-8,21-22H,9H2,1H3,(H2,18,23)(H,20,24). The van der Waals surface area contributed by atoms with Crippen molar-refractivity contribution in [1.29, 1.82) is 0 Å². The SMILES string of the molecule is COc1cc(C=NNC(=O)c2ccc(O)cc2O)ccc1OCC(N)=O. The van der Waals surface area contributed by atoms with Gasteiger partial charge in [-0.2, -0.15) is 5.10 Å². The van der Waals surface area contributed by atoms with Crippen LogP contribution in [-0.4, -0.2) is 42.0 Å². The number of nitrogens with zero attached hydrogens (tertiary/aromatic N) is 1. The average Bonchev–Trinajstić information content (AvgIpc) is 2.60. The number of nitrogens with two attached hydrogens (primary N) is 1. The third-order valence-corrected chi connectivity index (χ3v) is 3.16. The molecule has 0 fully saturated rings. The quantitative estimate of drug-likeness (QED) is 0.424. The molecule has 136 valence electrons. The number of ether oxygens (including phenoxy) is 2. The van der Waals surface area contributed by atoms with Crippen LogP contribution >= 0.6 is 0 Å². The molecule has 5 N–H and O–H groups in total. The molecule has 26 heavy (non-hydrogen) atoms. The van der Waals surface area contributed by atoms with Crippen molar-refractivity contribution in [2.45, 2.75) is 0 Å². The molecular formula is C17H17N3O6. The molecule has 0 unspecified atom stereocenters. The summed E-state index contributed by atoms with van der Waals surface area (Å²) in [6.07, 6.45) is 1.36. The number of phenols is 2. The van der Waals surface area contributed by atoms with E-state index in [0.717, 1.165) is 6.07 Å². The Labute approximate surface area is 148 Å². The molecule has 0 radical (unpaired) electrons. The van der Waals surface area contributed by atoms with E-state index >= 15 is 0 Å². The molecule has 0 aliphatic rings. The third-order valence-electron chi connectivity index (χ3n) is 3.16. The molecule has 0 atom stereocenters. The molecule has 0 aromatic heterocycles. The van der Waals surface area contributed by atoms with Gasteiger partial charge in [0.2, 0.25) is 0 Å². The average molecular weight is 359 g/mol. The molecule has 0 spiro atoms. The van der Waals surface area contributed by atoms with Gasteiger partial charge in [-0.15, -0.1) is 0 Å². The van der Waals surface area contributed by atoms with Gasteiger partial charge in [-0.25, -0.2) is 5.43 Å². The lowest BCUT2D eigenvalue weighted by molar-refractivity contribution is -0.119. The second-order valence-corrected chi connectivity index (χ2v) is 5.07. The Kier molecular flexibility index (Phi) is 5.99. The Balaban J connectivity index is 2.05. The largest absolute Gasteiger partial charge is 0.508 e. The van der Waals surface area contributed by atoms with Crippen molar-refractivity contribution in [2.24, 2.45) is 10.8 Å². The molecule has 0 saturated heterocycles. The van der Waals surface area contributed by atoms with Gasteiger partial charge in [0.1, 0.15) is 11.5 Å². The van der Waals surface area contributed by atoms with Crippen LogP contribution in [-0.2, 0) is 4.79 Å². The zero-order valence-electron chi connectivity index (χ0n) is 13.8. The maximum Gasteiger partial charge on any atom is 0.275 e. The third kappa shape index (κ3) is 4.87. The van der Waals surface area contributed by atoms with Gasteiger partial charge >= 0.3 is 0 Å². The highest BCUT2D eigenvalue weighted by Gasteiger charge is 2.11. The van der Waals surface area contributed by atoms with Crippen LogP contribution in [0.25, 0.3) is 0 Å². The fourth-order valence-corrected chi connectivity index (χ4v) is 1.97. The first-order valence-corrected chi connectivity index (χ1v) is 7.35. The minimum absolute atomic E-state index is 0.0345. The predicted molar refractivity (Wildman–Crippen MR) is 92.5 cm³/mol. The number of rotatable bonds is 7. The first kappa shape index (κ1) is 18.6. The highest BCUT2D eigenvalue weighted by molar-refractivity contribution is 5.97. The summed E-state index contributed by atoms with van der Waals surface area (Å²) in [5.41, 5.74) is 7.83. The van der Waals surface area contributed by atoms with E-state index in [2.05, 4.69) is 10.5 Å². The first-order chi connectivity index (χ1) is 12.4. The Hall–Kier alpha value is -3.75. The lowest BCUT2D eigenvalue weighted by atomic mass is 10.2. The van der Waals surface area contributed by atoms with Crippen LogP contribution < -0.4 is 20.6 Å². The number of benzene rings is 2. The molecule has 0 bridgehead atoms. The van der Waals surface area contributed by atoms with Crippen LogP contribution in [0.2, 0.25) is 0 Å². The van der Waals surface area contributed by atoms with Crippen molar-refractivity contribution < 1.29 is 29.3 Å². The Morgan fingerprint density at radius 1 is 1.19 bits per heavy atom. The first-order valence-electron chi connectivity index (χ1n) is 7.35. The summed E-state index contributed by atoms with van der Waals surface area (Å²) in [4.78, 5) is 22.7. The van der Waals surface area contributed by atoms with E-state index < -0.39 is 11.8 Å². The van der Waals surface area contributed by atoms with E-state index in [9.17, 15) is 19.8 Å². The molecule has 2 aromatic carbocycles. The van der Waals surface area contributed by atoms with Gasteiger partial charge < -0.3 is 25.4 Å². The van der Waals surface area contributed by atoms with Gasteiger partial charge in [-0.3, -0.25) is 9.59 Å². The van der Waals surface area contributed by atoms with Gasteiger partial charge in [0, 0.05) is 6.07 Å². The highest BCUT2D eigenvalue weighted by atomic mass is 16.5. The molecule has 9 nitrogen and oxygen atoms in total.